The zero-order valence-electron chi connectivity index (χ0n) is 18.6. The Balaban J connectivity index is 0.00000259. The molecule has 7 heteroatoms. The molecule has 0 aliphatic carbocycles. The second-order valence-corrected chi connectivity index (χ2v) is 9.11. The van der Waals surface area contributed by atoms with Crippen LogP contribution in [0.5, 0.6) is 0 Å². The molecule has 5 rings (SSSR count). The standard InChI is InChI=1S/C26H25N5S.BrH/c1-19-11-13-21(14-12-19)23-18-32-26(31(23)17-20-8-4-2-5-9-20)22(16-27)25-29-28-24-10-6-3-7-15-30(24)25;/h2,4-5,8-9,11-14,18H,3,6-7,10,15,17H2,1H3;1H/b26-22-;. The monoisotopic (exact) mass is 519 g/mol. The predicted octanol–water partition coefficient (Wildman–Crippen LogP) is 6.33. The van der Waals surface area contributed by atoms with Gasteiger partial charge in [-0.3, -0.25) is 0 Å². The van der Waals surface area contributed by atoms with Crippen LogP contribution in [0.1, 0.15) is 47.6 Å². The lowest BCUT2D eigenvalue weighted by molar-refractivity contribution is 0.521. The van der Waals surface area contributed by atoms with Crippen LogP contribution in [0.4, 0.5) is 0 Å². The quantitative estimate of drug-likeness (QED) is 0.377. The smallest absolute Gasteiger partial charge is 0.177 e. The molecule has 168 valence electrons. The summed E-state index contributed by atoms with van der Waals surface area (Å²) >= 11 is 1.60. The zero-order valence-corrected chi connectivity index (χ0v) is 21.1. The molecule has 5 nitrogen and oxygen atoms in total. The molecule has 3 aromatic rings. The Morgan fingerprint density at radius 2 is 1.82 bits per heavy atom. The fourth-order valence-electron chi connectivity index (χ4n) is 4.28. The van der Waals surface area contributed by atoms with Crippen LogP contribution < -0.4 is 0 Å². The molecule has 0 atom stereocenters. The van der Waals surface area contributed by atoms with Gasteiger partial charge in [0.05, 0.1) is 5.70 Å². The summed E-state index contributed by atoms with van der Waals surface area (Å²) in [6, 6.07) is 21.4. The van der Waals surface area contributed by atoms with E-state index < -0.39 is 0 Å². The molecule has 2 aliphatic rings. The zero-order chi connectivity index (χ0) is 21.9. The van der Waals surface area contributed by atoms with Crippen molar-refractivity contribution < 1.29 is 0 Å². The Hall–Kier alpha value is -2.82. The Kier molecular flexibility index (Phi) is 7.36. The maximum absolute atomic E-state index is 10.3. The topological polar surface area (TPSA) is 57.7 Å². The summed E-state index contributed by atoms with van der Waals surface area (Å²) in [6.45, 7) is 3.66. The lowest BCUT2D eigenvalue weighted by atomic mass is 10.1. The summed E-state index contributed by atoms with van der Waals surface area (Å²) in [4.78, 5) is 2.25. The summed E-state index contributed by atoms with van der Waals surface area (Å²) in [5.74, 6) is 1.69. The van der Waals surface area contributed by atoms with Crippen LogP contribution in [0.3, 0.4) is 0 Å². The van der Waals surface area contributed by atoms with Crippen LogP contribution in [0.15, 0.2) is 65.0 Å². The van der Waals surface area contributed by atoms with Crippen molar-refractivity contribution in [2.75, 3.05) is 0 Å². The van der Waals surface area contributed by atoms with Gasteiger partial charge in [0.25, 0.3) is 0 Å². The van der Waals surface area contributed by atoms with Crippen molar-refractivity contribution in [1.29, 1.82) is 5.26 Å². The summed E-state index contributed by atoms with van der Waals surface area (Å²) in [6.07, 6.45) is 4.34. The maximum atomic E-state index is 10.3. The van der Waals surface area contributed by atoms with E-state index in [4.69, 9.17) is 0 Å². The van der Waals surface area contributed by atoms with Crippen molar-refractivity contribution in [2.45, 2.75) is 45.7 Å². The minimum absolute atomic E-state index is 0. The van der Waals surface area contributed by atoms with E-state index in [1.165, 1.54) is 17.5 Å². The largest absolute Gasteiger partial charge is 0.329 e. The molecule has 2 aromatic carbocycles. The third-order valence-corrected chi connectivity index (χ3v) is 7.00. The van der Waals surface area contributed by atoms with Crippen molar-refractivity contribution in [3.05, 3.63) is 93.4 Å². The van der Waals surface area contributed by atoms with Gasteiger partial charge in [-0.2, -0.15) is 5.26 Å². The first-order valence-electron chi connectivity index (χ1n) is 11.1. The molecular formula is C26H26BrN5S. The molecule has 0 saturated heterocycles. The van der Waals surface area contributed by atoms with E-state index in [0.29, 0.717) is 17.9 Å². The Labute approximate surface area is 209 Å². The highest BCUT2D eigenvalue weighted by atomic mass is 79.9. The first-order chi connectivity index (χ1) is 15.7. The molecule has 0 amide bonds. The fourth-order valence-corrected chi connectivity index (χ4v) is 5.31. The Morgan fingerprint density at radius 3 is 2.58 bits per heavy atom. The average Bonchev–Trinajstić information content (AvgIpc) is 3.32. The number of benzene rings is 2. The Morgan fingerprint density at radius 1 is 1.03 bits per heavy atom. The number of nitriles is 1. The first-order valence-corrected chi connectivity index (χ1v) is 11.9. The van der Waals surface area contributed by atoms with Crippen LogP contribution >= 0.6 is 28.7 Å². The second kappa shape index (κ2) is 10.4. The number of aryl methyl sites for hydroxylation is 2. The van der Waals surface area contributed by atoms with Gasteiger partial charge < -0.3 is 9.47 Å². The molecule has 0 spiro atoms. The molecule has 1 aromatic heterocycles. The van der Waals surface area contributed by atoms with Crippen molar-refractivity contribution in [3.63, 3.8) is 0 Å². The molecule has 0 N–H and O–H groups in total. The first kappa shape index (κ1) is 23.3. The summed E-state index contributed by atoms with van der Waals surface area (Å²) in [5.41, 5.74) is 5.28. The van der Waals surface area contributed by atoms with Gasteiger partial charge in [-0.25, -0.2) is 0 Å². The van der Waals surface area contributed by atoms with Crippen LogP contribution in [0, 0.1) is 18.3 Å². The van der Waals surface area contributed by atoms with Gasteiger partial charge in [0.1, 0.15) is 22.5 Å². The highest BCUT2D eigenvalue weighted by Gasteiger charge is 2.29. The number of rotatable bonds is 4. The number of aromatic nitrogens is 3. The lowest BCUT2D eigenvalue weighted by Gasteiger charge is -2.25. The van der Waals surface area contributed by atoms with Gasteiger partial charge in [-0.05, 0) is 30.9 Å². The highest BCUT2D eigenvalue weighted by molar-refractivity contribution is 8.93. The third-order valence-electron chi connectivity index (χ3n) is 6.01. The molecule has 0 bridgehead atoms. The predicted molar refractivity (Wildman–Crippen MR) is 139 cm³/mol. The number of allylic oxidation sites excluding steroid dienone is 1. The minimum atomic E-state index is 0. The molecule has 0 fully saturated rings. The normalized spacial score (nSPS) is 16.8. The Bertz CT molecular complexity index is 1220. The van der Waals surface area contributed by atoms with E-state index in [1.54, 1.807) is 11.8 Å². The van der Waals surface area contributed by atoms with E-state index in [2.05, 4.69) is 86.6 Å². The van der Waals surface area contributed by atoms with Crippen LogP contribution in [-0.4, -0.2) is 19.7 Å². The molecule has 0 saturated carbocycles. The number of halogens is 1. The number of hydrogen-bond donors (Lipinski definition) is 0. The van der Waals surface area contributed by atoms with Crippen molar-refractivity contribution in [2.24, 2.45) is 0 Å². The molecule has 0 radical (unpaired) electrons. The van der Waals surface area contributed by atoms with Crippen LogP contribution in [0.2, 0.25) is 0 Å². The number of fused-ring (bicyclic) bond motifs is 1. The fraction of sp³-hybridized carbons (Fsp3) is 0.269. The second-order valence-electron chi connectivity index (χ2n) is 8.25. The van der Waals surface area contributed by atoms with E-state index in [1.807, 2.05) is 6.07 Å². The summed E-state index contributed by atoms with van der Waals surface area (Å²) < 4.78 is 2.16. The van der Waals surface area contributed by atoms with E-state index >= 15 is 0 Å². The van der Waals surface area contributed by atoms with E-state index in [0.717, 1.165) is 47.9 Å². The average molecular weight is 521 g/mol. The van der Waals surface area contributed by atoms with E-state index in [9.17, 15) is 5.26 Å². The van der Waals surface area contributed by atoms with Crippen molar-refractivity contribution in [1.82, 2.24) is 19.7 Å². The molecule has 2 aliphatic heterocycles. The van der Waals surface area contributed by atoms with Gasteiger partial charge in [-0.1, -0.05) is 78.3 Å². The van der Waals surface area contributed by atoms with E-state index in [-0.39, 0.29) is 17.0 Å². The van der Waals surface area contributed by atoms with Gasteiger partial charge in [0.15, 0.2) is 5.82 Å². The van der Waals surface area contributed by atoms with Gasteiger partial charge in [-0.15, -0.1) is 27.2 Å². The number of hydrogen-bond acceptors (Lipinski definition) is 5. The molecule has 0 unspecified atom stereocenters. The van der Waals surface area contributed by atoms with Crippen LogP contribution in [-0.2, 0) is 19.5 Å². The minimum Gasteiger partial charge on any atom is -0.329 e. The van der Waals surface area contributed by atoms with Crippen molar-refractivity contribution >= 4 is 40.0 Å². The third kappa shape index (κ3) is 4.78. The summed E-state index contributed by atoms with van der Waals surface area (Å²) in [7, 11) is 0. The van der Waals surface area contributed by atoms with Crippen LogP contribution in [0.25, 0.3) is 11.3 Å². The number of thioether (sulfide) groups is 1. The van der Waals surface area contributed by atoms with Gasteiger partial charge in [0, 0.05) is 24.9 Å². The SMILES string of the molecule is Br.Cc1ccc(C2=CS/C(=C(/C#N)c3nnc4n3CCCCC4)N2Cc2ccccc2)cc1. The molecular weight excluding hydrogens is 494 g/mol. The van der Waals surface area contributed by atoms with Crippen molar-refractivity contribution in [3.8, 4) is 6.07 Å². The maximum Gasteiger partial charge on any atom is 0.177 e. The van der Waals surface area contributed by atoms with Gasteiger partial charge in [0.2, 0.25) is 0 Å². The summed E-state index contributed by atoms with van der Waals surface area (Å²) in [5, 5.41) is 22.2. The highest BCUT2D eigenvalue weighted by Crippen LogP contribution is 2.44. The lowest BCUT2D eigenvalue weighted by Crippen LogP contribution is -2.18. The number of nitrogens with zero attached hydrogens (tertiary/aromatic N) is 5. The van der Waals surface area contributed by atoms with Gasteiger partial charge >= 0.3 is 0 Å². The molecule has 3 heterocycles. The molecule has 33 heavy (non-hydrogen) atoms.